The Bertz CT molecular complexity index is 502. The molecule has 1 aromatic rings. The summed E-state index contributed by atoms with van der Waals surface area (Å²) >= 11 is 0. The van der Waals surface area contributed by atoms with Gasteiger partial charge in [-0.05, 0) is 19.8 Å². The van der Waals surface area contributed by atoms with Crippen LogP contribution in [0.3, 0.4) is 0 Å². The average Bonchev–Trinajstić information content (AvgIpc) is 3.14. The number of aromatic nitrogens is 2. The fourth-order valence-corrected chi connectivity index (χ4v) is 2.50. The number of rotatable bonds is 5. The van der Waals surface area contributed by atoms with E-state index in [1.54, 1.807) is 0 Å². The molecule has 0 aliphatic carbocycles. The second kappa shape index (κ2) is 10.5. The minimum absolute atomic E-state index is 0. The van der Waals surface area contributed by atoms with Gasteiger partial charge in [-0.2, -0.15) is 0 Å². The van der Waals surface area contributed by atoms with Crippen molar-refractivity contribution in [1.82, 2.24) is 4.57 Å². The van der Waals surface area contributed by atoms with Crippen molar-refractivity contribution in [1.29, 1.82) is 0 Å². The molecular weight excluding hydrogens is 314 g/mol. The maximum atomic E-state index is 11.5. The third kappa shape index (κ3) is 6.42. The fraction of sp³-hybridized carbons (Fsp3) is 0.765. The molecule has 132 valence electrons. The van der Waals surface area contributed by atoms with E-state index in [1.807, 2.05) is 20.9 Å². The van der Waals surface area contributed by atoms with Gasteiger partial charge in [-0.15, -0.1) is 0 Å². The number of hydrogen-bond donors (Lipinski definition) is 0. The molecule has 2 heterocycles. The van der Waals surface area contributed by atoms with Gasteiger partial charge in [0.25, 0.3) is 6.04 Å². The van der Waals surface area contributed by atoms with Crippen LogP contribution in [0.15, 0.2) is 18.7 Å². The third-order valence-electron chi connectivity index (χ3n) is 4.52. The molecule has 3 unspecified atom stereocenters. The largest absolute Gasteiger partial charge is 1.00 e. The molecule has 0 bridgehead atoms. The molecule has 3 atom stereocenters. The van der Waals surface area contributed by atoms with E-state index in [-0.39, 0.29) is 30.2 Å². The van der Waals surface area contributed by atoms with Crippen molar-refractivity contribution < 1.29 is 26.5 Å². The van der Waals surface area contributed by atoms with Crippen molar-refractivity contribution in [3.8, 4) is 0 Å². The molecule has 2 rings (SSSR count). The SMILES string of the molecule is CCC(C)C(=O)C1CCC[N+]1=O.CCC(C)n1cc[n+](C)c1.[Cl-]. The number of aryl methyl sites for hydroxylation is 1. The number of nitrogens with zero attached hydrogens (tertiary/aromatic N) is 3. The zero-order valence-electron chi connectivity index (χ0n) is 15.0. The van der Waals surface area contributed by atoms with E-state index in [9.17, 15) is 9.70 Å². The fourth-order valence-electron chi connectivity index (χ4n) is 2.50. The topological polar surface area (TPSA) is 46.0 Å². The number of carbonyl (C=O) groups is 1. The van der Waals surface area contributed by atoms with Gasteiger partial charge in [0, 0.05) is 28.4 Å². The van der Waals surface area contributed by atoms with Crippen LogP contribution in [0.2, 0.25) is 0 Å². The van der Waals surface area contributed by atoms with Crippen molar-refractivity contribution in [3.63, 3.8) is 0 Å². The van der Waals surface area contributed by atoms with E-state index in [2.05, 4.69) is 41.7 Å². The molecule has 0 spiro atoms. The molecule has 1 fully saturated rings. The standard InChI is InChI=1S/C9H16NO2.C8H15N2.ClH/c1-3-7(2)9(11)8-5-4-6-10(8)12;1-4-8(2)10-6-5-9(3)7-10;/h7-8H,3-6H2,1-2H3;5-8H,4H2,1-3H3;1H/q2*+1;/p-1. The Morgan fingerprint density at radius 1 is 1.30 bits per heavy atom. The highest BCUT2D eigenvalue weighted by molar-refractivity contribution is 5.84. The maximum absolute atomic E-state index is 11.5. The lowest BCUT2D eigenvalue weighted by Gasteiger charge is -2.06. The summed E-state index contributed by atoms with van der Waals surface area (Å²) in [4.78, 5) is 22.7. The predicted octanol–water partition coefficient (Wildman–Crippen LogP) is -0.169. The van der Waals surface area contributed by atoms with Crippen LogP contribution in [0.4, 0.5) is 0 Å². The Morgan fingerprint density at radius 2 is 1.96 bits per heavy atom. The van der Waals surface area contributed by atoms with Gasteiger partial charge < -0.3 is 12.4 Å². The molecule has 1 aliphatic rings. The summed E-state index contributed by atoms with van der Waals surface area (Å²) in [5, 5.41) is 0. The molecule has 6 heteroatoms. The molecule has 1 aliphatic heterocycles. The van der Waals surface area contributed by atoms with Crippen molar-refractivity contribution in [2.45, 2.75) is 65.5 Å². The number of hydrogen-bond acceptors (Lipinski definition) is 2. The summed E-state index contributed by atoms with van der Waals surface area (Å²) in [5.41, 5.74) is 0. The Labute approximate surface area is 146 Å². The first-order valence-electron chi connectivity index (χ1n) is 8.40. The molecule has 1 aromatic heterocycles. The molecule has 0 aromatic carbocycles. The molecule has 23 heavy (non-hydrogen) atoms. The van der Waals surface area contributed by atoms with E-state index in [0.29, 0.717) is 12.6 Å². The number of imidazole rings is 1. The van der Waals surface area contributed by atoms with Gasteiger partial charge in [0.05, 0.1) is 13.1 Å². The normalized spacial score (nSPS) is 19.3. The predicted molar refractivity (Wildman–Crippen MR) is 86.6 cm³/mol. The smallest absolute Gasteiger partial charge is 0.259 e. The molecule has 1 saturated heterocycles. The van der Waals surface area contributed by atoms with Gasteiger partial charge in [-0.25, -0.2) is 9.13 Å². The van der Waals surface area contributed by atoms with Gasteiger partial charge in [0.1, 0.15) is 12.4 Å². The summed E-state index contributed by atoms with van der Waals surface area (Å²) in [6.45, 7) is 8.83. The van der Waals surface area contributed by atoms with Gasteiger partial charge in [-0.1, -0.05) is 20.8 Å². The lowest BCUT2D eigenvalue weighted by Crippen LogP contribution is -3.00. The lowest BCUT2D eigenvalue weighted by atomic mass is 9.97. The van der Waals surface area contributed by atoms with E-state index in [0.717, 1.165) is 24.0 Å². The van der Waals surface area contributed by atoms with Crippen molar-refractivity contribution in [2.75, 3.05) is 6.54 Å². The summed E-state index contributed by atoms with van der Waals surface area (Å²) in [6.07, 6.45) is 9.93. The molecule has 0 radical (unpaired) electrons. The average molecular weight is 345 g/mol. The highest BCUT2D eigenvalue weighted by atomic mass is 35.5. The number of halogens is 1. The quantitative estimate of drug-likeness (QED) is 0.696. The Balaban J connectivity index is 0.000000409. The summed E-state index contributed by atoms with van der Waals surface area (Å²) in [5.74, 6) is 0.176. The second-order valence-electron chi connectivity index (χ2n) is 6.29. The lowest BCUT2D eigenvalue weighted by molar-refractivity contribution is -0.671. The van der Waals surface area contributed by atoms with Crippen LogP contribution < -0.4 is 17.0 Å². The number of ketones is 1. The van der Waals surface area contributed by atoms with Crippen LogP contribution in [0.5, 0.6) is 0 Å². The molecule has 0 N–H and O–H groups in total. The van der Waals surface area contributed by atoms with Crippen LogP contribution in [-0.2, 0) is 11.8 Å². The Hall–Kier alpha value is -1.23. The van der Waals surface area contributed by atoms with E-state index in [1.165, 1.54) is 6.42 Å². The first-order valence-corrected chi connectivity index (χ1v) is 8.40. The monoisotopic (exact) mass is 344 g/mol. The van der Waals surface area contributed by atoms with Gasteiger partial charge in [0.2, 0.25) is 12.1 Å². The Kier molecular flexibility index (Phi) is 9.96. The van der Waals surface area contributed by atoms with Gasteiger partial charge >= 0.3 is 0 Å². The minimum atomic E-state index is -0.333. The molecule has 0 saturated carbocycles. The van der Waals surface area contributed by atoms with Crippen molar-refractivity contribution in [3.05, 3.63) is 23.6 Å². The highest BCUT2D eigenvalue weighted by Gasteiger charge is 2.39. The molecule has 0 amide bonds. The van der Waals surface area contributed by atoms with Gasteiger partial charge in [0.15, 0.2) is 6.54 Å². The summed E-state index contributed by atoms with van der Waals surface area (Å²) < 4.78 is 5.22. The van der Waals surface area contributed by atoms with E-state index < -0.39 is 0 Å². The van der Waals surface area contributed by atoms with Crippen molar-refractivity contribution >= 4 is 5.78 Å². The maximum Gasteiger partial charge on any atom is 0.259 e. The van der Waals surface area contributed by atoms with Crippen LogP contribution in [-0.4, -0.2) is 27.7 Å². The molecular formula is C17H31ClN3O2+. The van der Waals surface area contributed by atoms with E-state index >= 15 is 0 Å². The van der Waals surface area contributed by atoms with Crippen LogP contribution in [0.25, 0.3) is 0 Å². The minimum Gasteiger partial charge on any atom is -1.00 e. The molecule has 5 nitrogen and oxygen atoms in total. The zero-order valence-corrected chi connectivity index (χ0v) is 15.8. The zero-order chi connectivity index (χ0) is 16.7. The second-order valence-corrected chi connectivity index (χ2v) is 6.29. The van der Waals surface area contributed by atoms with Crippen molar-refractivity contribution in [2.24, 2.45) is 13.0 Å². The number of Topliss-reactive ketones (excluding diaryl/α,β-unsaturated/α-hetero) is 1. The number of nitroso groups, excluding NO2 is 1. The Morgan fingerprint density at radius 3 is 2.35 bits per heavy atom. The van der Waals surface area contributed by atoms with Crippen LogP contribution in [0, 0.1) is 10.8 Å². The number of carbonyl (C=O) groups excluding carboxylic acids is 1. The van der Waals surface area contributed by atoms with Crippen LogP contribution >= 0.6 is 0 Å². The summed E-state index contributed by atoms with van der Waals surface area (Å²) in [7, 11) is 2.04. The van der Waals surface area contributed by atoms with Gasteiger partial charge in [-0.3, -0.25) is 4.79 Å². The third-order valence-corrected chi connectivity index (χ3v) is 4.52. The first-order chi connectivity index (χ1) is 10.4. The summed E-state index contributed by atoms with van der Waals surface area (Å²) in [6, 6.07) is 0.293. The first kappa shape index (κ1) is 21.8. The van der Waals surface area contributed by atoms with E-state index in [4.69, 9.17) is 0 Å². The van der Waals surface area contributed by atoms with Crippen LogP contribution in [0.1, 0.15) is 59.4 Å². The highest BCUT2D eigenvalue weighted by Crippen LogP contribution is 2.17.